The normalized spacial score (nSPS) is 11.7. The van der Waals surface area contributed by atoms with Gasteiger partial charge in [0.1, 0.15) is 11.5 Å². The summed E-state index contributed by atoms with van der Waals surface area (Å²) in [5, 5.41) is 18.4. The van der Waals surface area contributed by atoms with Crippen LogP contribution in [0.25, 0.3) is 0 Å². The summed E-state index contributed by atoms with van der Waals surface area (Å²) in [6, 6.07) is 4.64. The number of methoxy groups -OCH3 is 1. The van der Waals surface area contributed by atoms with Crippen molar-refractivity contribution in [3.8, 4) is 11.5 Å². The third-order valence-corrected chi connectivity index (χ3v) is 2.03. The lowest BCUT2D eigenvalue weighted by molar-refractivity contribution is 0.263. The molecule has 0 spiro atoms. The molecule has 4 N–H and O–H groups in total. The summed E-state index contributed by atoms with van der Waals surface area (Å²) < 4.78 is 5.07. The zero-order chi connectivity index (χ0) is 10.6. The fraction of sp³-hybridized carbons (Fsp3) is 0.400. The van der Waals surface area contributed by atoms with Gasteiger partial charge in [0.25, 0.3) is 0 Å². The van der Waals surface area contributed by atoms with Gasteiger partial charge in [0, 0.05) is 11.6 Å². The number of phenolic OH excluding ortho intramolecular Hbond substituents is 1. The van der Waals surface area contributed by atoms with Gasteiger partial charge in [-0.15, -0.1) is 12.4 Å². The fourth-order valence-electron chi connectivity index (χ4n) is 1.28. The van der Waals surface area contributed by atoms with Crippen LogP contribution in [0, 0.1) is 0 Å². The first-order valence-corrected chi connectivity index (χ1v) is 4.40. The van der Waals surface area contributed by atoms with Crippen LogP contribution in [0.5, 0.6) is 11.5 Å². The van der Waals surface area contributed by atoms with Crippen LogP contribution in [-0.4, -0.2) is 30.0 Å². The largest absolute Gasteiger partial charge is 0.508 e. The maximum atomic E-state index is 9.55. The van der Waals surface area contributed by atoms with Crippen molar-refractivity contribution < 1.29 is 14.9 Å². The molecule has 0 saturated carbocycles. The molecule has 0 aliphatic carbocycles. The van der Waals surface area contributed by atoms with Gasteiger partial charge in [-0.2, -0.15) is 0 Å². The van der Waals surface area contributed by atoms with E-state index in [9.17, 15) is 5.11 Å². The minimum Gasteiger partial charge on any atom is -0.508 e. The molecule has 0 aromatic heterocycles. The predicted octanol–water partition coefficient (Wildman–Crippen LogP) is 0.685. The first kappa shape index (κ1) is 14.0. The number of rotatable bonds is 4. The summed E-state index contributed by atoms with van der Waals surface area (Å²) in [5.74, 6) is 0.738. The number of halogens is 1. The molecular formula is C10H16ClNO3. The molecule has 1 aromatic carbocycles. The van der Waals surface area contributed by atoms with Crippen molar-refractivity contribution in [1.29, 1.82) is 0 Å². The van der Waals surface area contributed by atoms with Crippen molar-refractivity contribution in [3.63, 3.8) is 0 Å². The van der Waals surface area contributed by atoms with Gasteiger partial charge in [-0.05, 0) is 18.6 Å². The quantitative estimate of drug-likeness (QED) is 0.715. The third kappa shape index (κ3) is 3.58. The maximum absolute atomic E-state index is 9.55. The fourth-order valence-corrected chi connectivity index (χ4v) is 1.28. The van der Waals surface area contributed by atoms with Crippen LogP contribution in [0.15, 0.2) is 18.2 Å². The van der Waals surface area contributed by atoms with Crippen molar-refractivity contribution in [2.75, 3.05) is 13.7 Å². The second kappa shape index (κ2) is 6.50. The molecule has 0 saturated heterocycles. The lowest BCUT2D eigenvalue weighted by Crippen LogP contribution is -2.27. The molecule has 0 radical (unpaired) electrons. The number of ether oxygens (including phenoxy) is 1. The van der Waals surface area contributed by atoms with Crippen molar-refractivity contribution in [1.82, 2.24) is 0 Å². The van der Waals surface area contributed by atoms with Gasteiger partial charge < -0.3 is 20.7 Å². The van der Waals surface area contributed by atoms with E-state index < -0.39 is 0 Å². The lowest BCUT2D eigenvalue weighted by Gasteiger charge is -2.13. The molecule has 1 atom stereocenters. The molecule has 0 heterocycles. The topological polar surface area (TPSA) is 75.7 Å². The molecule has 0 aliphatic heterocycles. The minimum absolute atomic E-state index is 0. The molecule has 0 fully saturated rings. The molecule has 15 heavy (non-hydrogen) atoms. The third-order valence-electron chi connectivity index (χ3n) is 2.03. The maximum Gasteiger partial charge on any atom is 0.125 e. The van der Waals surface area contributed by atoms with E-state index in [2.05, 4.69) is 0 Å². The minimum atomic E-state index is -0.378. The number of benzene rings is 1. The van der Waals surface area contributed by atoms with E-state index in [1.165, 1.54) is 7.11 Å². The summed E-state index contributed by atoms with van der Waals surface area (Å²) in [7, 11) is 1.53. The Balaban J connectivity index is 0.00000196. The van der Waals surface area contributed by atoms with E-state index in [1.54, 1.807) is 18.2 Å². The number of aliphatic hydroxyl groups is 1. The van der Waals surface area contributed by atoms with E-state index in [4.69, 9.17) is 15.6 Å². The zero-order valence-corrected chi connectivity index (χ0v) is 9.33. The van der Waals surface area contributed by atoms with Crippen LogP contribution < -0.4 is 10.5 Å². The molecule has 5 heteroatoms. The Labute approximate surface area is 95.1 Å². The molecule has 0 bridgehead atoms. The van der Waals surface area contributed by atoms with Crippen LogP contribution in [0.1, 0.15) is 5.56 Å². The Morgan fingerprint density at radius 3 is 2.67 bits per heavy atom. The molecule has 4 nitrogen and oxygen atoms in total. The lowest BCUT2D eigenvalue weighted by atomic mass is 10.0. The average Bonchev–Trinajstić information content (AvgIpc) is 2.20. The van der Waals surface area contributed by atoms with Crippen LogP contribution >= 0.6 is 12.4 Å². The van der Waals surface area contributed by atoms with Crippen LogP contribution in [-0.2, 0) is 6.42 Å². The highest BCUT2D eigenvalue weighted by Gasteiger charge is 2.11. The molecule has 0 aliphatic rings. The summed E-state index contributed by atoms with van der Waals surface area (Å²) >= 11 is 0. The highest BCUT2D eigenvalue weighted by atomic mass is 35.5. The molecule has 1 rings (SSSR count). The van der Waals surface area contributed by atoms with Gasteiger partial charge in [0.2, 0.25) is 0 Å². The number of phenols is 1. The molecular weight excluding hydrogens is 218 g/mol. The monoisotopic (exact) mass is 233 g/mol. The van der Waals surface area contributed by atoms with E-state index in [-0.39, 0.29) is 30.8 Å². The van der Waals surface area contributed by atoms with E-state index >= 15 is 0 Å². The Morgan fingerprint density at radius 2 is 2.13 bits per heavy atom. The van der Waals surface area contributed by atoms with Crippen molar-refractivity contribution in [2.45, 2.75) is 12.5 Å². The highest BCUT2D eigenvalue weighted by Crippen LogP contribution is 2.27. The number of nitrogens with two attached hydrogens (primary N) is 1. The van der Waals surface area contributed by atoms with Crippen molar-refractivity contribution in [3.05, 3.63) is 23.8 Å². The Kier molecular flexibility index (Phi) is 6.08. The average molecular weight is 234 g/mol. The smallest absolute Gasteiger partial charge is 0.125 e. The Morgan fingerprint density at radius 1 is 1.47 bits per heavy atom. The number of aliphatic hydroxyl groups excluding tert-OH is 1. The Hall–Kier alpha value is -0.970. The van der Waals surface area contributed by atoms with Gasteiger partial charge in [-0.3, -0.25) is 0 Å². The van der Waals surface area contributed by atoms with E-state index in [0.717, 1.165) is 0 Å². The number of hydrogen-bond donors (Lipinski definition) is 3. The summed E-state index contributed by atoms with van der Waals surface area (Å²) in [4.78, 5) is 0. The Bertz CT molecular complexity index is 307. The second-order valence-electron chi connectivity index (χ2n) is 3.10. The van der Waals surface area contributed by atoms with E-state index in [1.807, 2.05) is 0 Å². The van der Waals surface area contributed by atoms with Gasteiger partial charge in [0.15, 0.2) is 0 Å². The van der Waals surface area contributed by atoms with Crippen LogP contribution in [0.3, 0.4) is 0 Å². The number of hydrogen-bond acceptors (Lipinski definition) is 4. The highest BCUT2D eigenvalue weighted by molar-refractivity contribution is 5.85. The molecule has 0 amide bonds. The van der Waals surface area contributed by atoms with Crippen molar-refractivity contribution >= 4 is 12.4 Å². The second-order valence-corrected chi connectivity index (χ2v) is 3.10. The first-order valence-electron chi connectivity index (χ1n) is 4.40. The van der Waals surface area contributed by atoms with Gasteiger partial charge in [0.05, 0.1) is 13.7 Å². The van der Waals surface area contributed by atoms with Gasteiger partial charge >= 0.3 is 0 Å². The van der Waals surface area contributed by atoms with Gasteiger partial charge in [-0.25, -0.2) is 0 Å². The van der Waals surface area contributed by atoms with Crippen LogP contribution in [0.2, 0.25) is 0 Å². The van der Waals surface area contributed by atoms with Crippen LogP contribution in [0.4, 0.5) is 0 Å². The summed E-state index contributed by atoms with van der Waals surface area (Å²) in [6.07, 6.45) is 0.395. The predicted molar refractivity (Wildman–Crippen MR) is 60.7 cm³/mol. The zero-order valence-electron chi connectivity index (χ0n) is 8.51. The van der Waals surface area contributed by atoms with E-state index in [0.29, 0.717) is 17.7 Å². The molecule has 86 valence electrons. The standard InChI is InChI=1S/C10H15NO3.ClH/c1-14-10-4-2-3-9(13)8(10)5-7(11)6-12;/h2-4,7,12-13H,5-6,11H2,1H3;1H. The van der Waals surface area contributed by atoms with Gasteiger partial charge in [-0.1, -0.05) is 6.07 Å². The SMILES string of the molecule is COc1cccc(O)c1CC(N)CO.Cl. The first-order chi connectivity index (χ1) is 6.69. The molecule has 1 unspecified atom stereocenters. The number of aromatic hydroxyl groups is 1. The summed E-state index contributed by atoms with van der Waals surface area (Å²) in [5.41, 5.74) is 6.22. The summed E-state index contributed by atoms with van der Waals surface area (Å²) in [6.45, 7) is -0.114. The van der Waals surface area contributed by atoms with Crippen molar-refractivity contribution in [2.24, 2.45) is 5.73 Å². The molecule has 1 aromatic rings.